The summed E-state index contributed by atoms with van der Waals surface area (Å²) >= 11 is 0. The smallest absolute Gasteiger partial charge is 0.112 e. The summed E-state index contributed by atoms with van der Waals surface area (Å²) in [6.07, 6.45) is 2.54. The topological polar surface area (TPSA) is 58.9 Å². The van der Waals surface area contributed by atoms with Crippen molar-refractivity contribution in [2.45, 2.75) is 70.4 Å². The van der Waals surface area contributed by atoms with Crippen LogP contribution in [0, 0.1) is 0 Å². The highest BCUT2D eigenvalue weighted by molar-refractivity contribution is 4.93. The summed E-state index contributed by atoms with van der Waals surface area (Å²) in [5, 5.41) is 19.5. The van der Waals surface area contributed by atoms with Crippen molar-refractivity contribution in [3.05, 3.63) is 0 Å². The number of ether oxygens (including phenoxy) is 2. The largest absolute Gasteiger partial charge is 0.390 e. The highest BCUT2D eigenvalue weighted by Gasteiger charge is 2.43. The molecule has 0 bridgehead atoms. The van der Waals surface area contributed by atoms with E-state index in [1.54, 1.807) is 0 Å². The molecule has 0 heterocycles. The fourth-order valence-corrected chi connectivity index (χ4v) is 2.06. The Labute approximate surface area is 104 Å². The first-order chi connectivity index (χ1) is 8.20. The van der Waals surface area contributed by atoms with Crippen LogP contribution in [0.15, 0.2) is 0 Å². The molecule has 4 heteroatoms. The first-order valence-corrected chi connectivity index (χ1v) is 6.80. The van der Waals surface area contributed by atoms with Gasteiger partial charge in [-0.2, -0.15) is 0 Å². The number of unbranched alkanes of at least 4 members (excludes halogenated alkanes) is 2. The lowest BCUT2D eigenvalue weighted by Gasteiger charge is -2.22. The SMILES string of the molecule is CCCCO[C@@H]1[C@@H](O)[C@@H](O)C[C@@H]1OCCCC. The Kier molecular flexibility index (Phi) is 7.04. The van der Waals surface area contributed by atoms with Gasteiger partial charge in [0.15, 0.2) is 0 Å². The normalized spacial score (nSPS) is 33.2. The molecule has 0 unspecified atom stereocenters. The van der Waals surface area contributed by atoms with Gasteiger partial charge in [0.05, 0.1) is 12.2 Å². The Morgan fingerprint density at radius 3 is 2.18 bits per heavy atom. The van der Waals surface area contributed by atoms with E-state index < -0.39 is 12.2 Å². The lowest BCUT2D eigenvalue weighted by Crippen LogP contribution is -2.36. The predicted molar refractivity (Wildman–Crippen MR) is 65.9 cm³/mol. The number of aliphatic hydroxyl groups excluding tert-OH is 2. The Morgan fingerprint density at radius 1 is 1.00 bits per heavy atom. The van der Waals surface area contributed by atoms with Gasteiger partial charge in [0.2, 0.25) is 0 Å². The van der Waals surface area contributed by atoms with Gasteiger partial charge in [-0.05, 0) is 12.8 Å². The zero-order valence-electron chi connectivity index (χ0n) is 11.0. The van der Waals surface area contributed by atoms with Gasteiger partial charge in [-0.15, -0.1) is 0 Å². The van der Waals surface area contributed by atoms with E-state index >= 15 is 0 Å². The van der Waals surface area contributed by atoms with Gasteiger partial charge in [-0.1, -0.05) is 26.7 Å². The molecule has 2 N–H and O–H groups in total. The van der Waals surface area contributed by atoms with E-state index in [1.165, 1.54) is 0 Å². The van der Waals surface area contributed by atoms with Crippen molar-refractivity contribution in [2.24, 2.45) is 0 Å². The van der Waals surface area contributed by atoms with E-state index in [0.717, 1.165) is 25.7 Å². The molecule has 1 rings (SSSR count). The van der Waals surface area contributed by atoms with Gasteiger partial charge in [-0.25, -0.2) is 0 Å². The van der Waals surface area contributed by atoms with Crippen LogP contribution in [0.3, 0.4) is 0 Å². The van der Waals surface area contributed by atoms with Crippen LogP contribution in [-0.2, 0) is 9.47 Å². The van der Waals surface area contributed by atoms with Crippen LogP contribution >= 0.6 is 0 Å². The molecule has 0 aliphatic heterocycles. The molecular formula is C13H26O4. The van der Waals surface area contributed by atoms with Crippen LogP contribution in [0.2, 0.25) is 0 Å². The molecule has 1 saturated carbocycles. The summed E-state index contributed by atoms with van der Waals surface area (Å²) in [6, 6.07) is 0. The van der Waals surface area contributed by atoms with Crippen molar-refractivity contribution in [1.82, 2.24) is 0 Å². The maximum absolute atomic E-state index is 9.83. The molecule has 0 aromatic carbocycles. The first kappa shape index (κ1) is 14.9. The quantitative estimate of drug-likeness (QED) is 0.637. The average molecular weight is 246 g/mol. The zero-order chi connectivity index (χ0) is 12.7. The second-order valence-corrected chi connectivity index (χ2v) is 4.75. The van der Waals surface area contributed by atoms with Crippen LogP contribution in [0.25, 0.3) is 0 Å². The highest BCUT2D eigenvalue weighted by Crippen LogP contribution is 2.26. The fraction of sp³-hybridized carbons (Fsp3) is 1.00. The molecule has 0 saturated heterocycles. The van der Waals surface area contributed by atoms with E-state index in [1.807, 2.05) is 0 Å². The molecule has 1 aliphatic rings. The maximum atomic E-state index is 9.83. The van der Waals surface area contributed by atoms with Gasteiger partial charge in [0, 0.05) is 19.6 Å². The van der Waals surface area contributed by atoms with Crippen molar-refractivity contribution < 1.29 is 19.7 Å². The molecule has 4 atom stereocenters. The molecule has 1 fully saturated rings. The molecular weight excluding hydrogens is 220 g/mol. The molecule has 102 valence electrons. The van der Waals surface area contributed by atoms with Crippen LogP contribution in [0.1, 0.15) is 46.0 Å². The van der Waals surface area contributed by atoms with Crippen LogP contribution < -0.4 is 0 Å². The van der Waals surface area contributed by atoms with Crippen LogP contribution in [-0.4, -0.2) is 47.8 Å². The summed E-state index contributed by atoms with van der Waals surface area (Å²) in [5.41, 5.74) is 0. The minimum atomic E-state index is -0.807. The summed E-state index contributed by atoms with van der Waals surface area (Å²) in [4.78, 5) is 0. The van der Waals surface area contributed by atoms with E-state index in [2.05, 4.69) is 13.8 Å². The van der Waals surface area contributed by atoms with Crippen LogP contribution in [0.5, 0.6) is 0 Å². The van der Waals surface area contributed by atoms with Crippen molar-refractivity contribution in [3.63, 3.8) is 0 Å². The minimum absolute atomic E-state index is 0.164. The van der Waals surface area contributed by atoms with Gasteiger partial charge in [0.1, 0.15) is 12.2 Å². The van der Waals surface area contributed by atoms with Crippen molar-refractivity contribution >= 4 is 0 Å². The van der Waals surface area contributed by atoms with E-state index in [-0.39, 0.29) is 12.2 Å². The molecule has 0 aromatic rings. The Bertz CT molecular complexity index is 198. The van der Waals surface area contributed by atoms with E-state index in [9.17, 15) is 10.2 Å². The summed E-state index contributed by atoms with van der Waals surface area (Å²) < 4.78 is 11.3. The molecule has 0 radical (unpaired) electrons. The van der Waals surface area contributed by atoms with Gasteiger partial charge >= 0.3 is 0 Å². The Hall–Kier alpha value is -0.160. The molecule has 0 aromatic heterocycles. The average Bonchev–Trinajstić information content (AvgIpc) is 2.57. The Morgan fingerprint density at radius 2 is 1.59 bits per heavy atom. The predicted octanol–water partition coefficient (Wildman–Crippen LogP) is 1.48. The van der Waals surface area contributed by atoms with Crippen molar-refractivity contribution in [2.75, 3.05) is 13.2 Å². The summed E-state index contributed by atoms with van der Waals surface area (Å²) in [7, 11) is 0. The minimum Gasteiger partial charge on any atom is -0.390 e. The Balaban J connectivity index is 2.37. The number of aliphatic hydroxyl groups is 2. The van der Waals surface area contributed by atoms with Crippen LogP contribution in [0.4, 0.5) is 0 Å². The summed E-state index contributed by atoms with van der Waals surface area (Å²) in [5.74, 6) is 0. The first-order valence-electron chi connectivity index (χ1n) is 6.80. The highest BCUT2D eigenvalue weighted by atomic mass is 16.6. The fourth-order valence-electron chi connectivity index (χ4n) is 2.06. The lowest BCUT2D eigenvalue weighted by molar-refractivity contribution is -0.0999. The van der Waals surface area contributed by atoms with E-state index in [0.29, 0.717) is 19.6 Å². The second-order valence-electron chi connectivity index (χ2n) is 4.75. The van der Waals surface area contributed by atoms with Gasteiger partial charge < -0.3 is 19.7 Å². The number of hydrogen-bond acceptors (Lipinski definition) is 4. The molecule has 17 heavy (non-hydrogen) atoms. The number of hydrogen-bond donors (Lipinski definition) is 2. The molecule has 0 amide bonds. The van der Waals surface area contributed by atoms with Gasteiger partial charge in [0.25, 0.3) is 0 Å². The second kappa shape index (κ2) is 8.03. The third-order valence-electron chi connectivity index (χ3n) is 3.21. The third-order valence-corrected chi connectivity index (χ3v) is 3.21. The lowest BCUT2D eigenvalue weighted by atomic mass is 10.2. The van der Waals surface area contributed by atoms with Crippen molar-refractivity contribution in [1.29, 1.82) is 0 Å². The zero-order valence-corrected chi connectivity index (χ0v) is 11.0. The van der Waals surface area contributed by atoms with Gasteiger partial charge in [-0.3, -0.25) is 0 Å². The molecule has 0 spiro atoms. The van der Waals surface area contributed by atoms with E-state index in [4.69, 9.17) is 9.47 Å². The molecule has 4 nitrogen and oxygen atoms in total. The standard InChI is InChI=1S/C13H26O4/c1-3-5-7-16-11-9-10(14)12(15)13(11)17-8-6-4-2/h10-15H,3-9H2,1-2H3/t10-,11-,12-,13-/m0/s1. The monoisotopic (exact) mass is 246 g/mol. The number of rotatable bonds is 8. The van der Waals surface area contributed by atoms with Crippen molar-refractivity contribution in [3.8, 4) is 0 Å². The summed E-state index contributed by atoms with van der Waals surface area (Å²) in [6.45, 7) is 5.50. The third kappa shape index (κ3) is 4.54. The maximum Gasteiger partial charge on any atom is 0.112 e. The molecule has 1 aliphatic carbocycles.